The molecule has 1 saturated carbocycles. The molecule has 1 heterocycles. The zero-order valence-corrected chi connectivity index (χ0v) is 12.5. The van der Waals surface area contributed by atoms with Crippen molar-refractivity contribution in [1.82, 2.24) is 9.80 Å². The number of hydrogen-bond donors (Lipinski definition) is 1. The molecule has 0 bridgehead atoms. The molecule has 2 atom stereocenters. The minimum absolute atomic E-state index is 0.358. The van der Waals surface area contributed by atoms with Crippen LogP contribution in [0.15, 0.2) is 0 Å². The third kappa shape index (κ3) is 3.06. The molecule has 0 aromatic heterocycles. The van der Waals surface area contributed by atoms with Gasteiger partial charge in [-0.25, -0.2) is 0 Å². The highest BCUT2D eigenvalue weighted by molar-refractivity contribution is 4.94. The Kier molecular flexibility index (Phi) is 4.68. The largest absolute Gasteiger partial charge is 0.327 e. The van der Waals surface area contributed by atoms with Gasteiger partial charge in [0.2, 0.25) is 0 Å². The maximum atomic E-state index is 6.30. The van der Waals surface area contributed by atoms with Crippen LogP contribution < -0.4 is 5.73 Å². The van der Waals surface area contributed by atoms with Crippen LogP contribution >= 0.6 is 0 Å². The van der Waals surface area contributed by atoms with Crippen LogP contribution in [0.25, 0.3) is 0 Å². The summed E-state index contributed by atoms with van der Waals surface area (Å²) in [6.07, 6.45) is 6.51. The van der Waals surface area contributed by atoms with Crippen LogP contribution in [0.2, 0.25) is 0 Å². The minimum atomic E-state index is 0.358. The summed E-state index contributed by atoms with van der Waals surface area (Å²) in [5.41, 5.74) is 6.66. The van der Waals surface area contributed by atoms with Crippen LogP contribution in [-0.2, 0) is 0 Å². The fourth-order valence-electron chi connectivity index (χ4n) is 3.83. The second-order valence-electron chi connectivity index (χ2n) is 6.73. The zero-order valence-electron chi connectivity index (χ0n) is 12.5. The summed E-state index contributed by atoms with van der Waals surface area (Å²) in [6.45, 7) is 9.59. The van der Waals surface area contributed by atoms with Gasteiger partial charge in [0, 0.05) is 18.6 Å². The van der Waals surface area contributed by atoms with E-state index in [0.717, 1.165) is 6.04 Å². The van der Waals surface area contributed by atoms with Gasteiger partial charge < -0.3 is 15.5 Å². The molecule has 0 aromatic carbocycles. The normalized spacial score (nSPS) is 35.5. The van der Waals surface area contributed by atoms with E-state index in [1.54, 1.807) is 0 Å². The van der Waals surface area contributed by atoms with Crippen molar-refractivity contribution in [2.45, 2.75) is 58.0 Å². The highest BCUT2D eigenvalue weighted by atomic mass is 15.2. The third-order valence-corrected chi connectivity index (χ3v) is 5.40. The Hall–Kier alpha value is -0.120. The van der Waals surface area contributed by atoms with E-state index in [0.29, 0.717) is 11.5 Å². The van der Waals surface area contributed by atoms with Crippen molar-refractivity contribution in [1.29, 1.82) is 0 Å². The molecule has 0 radical (unpaired) electrons. The van der Waals surface area contributed by atoms with Crippen molar-refractivity contribution in [3.63, 3.8) is 0 Å². The molecule has 1 saturated heterocycles. The van der Waals surface area contributed by atoms with Crippen LogP contribution in [0.1, 0.15) is 46.0 Å². The number of rotatable bonds is 4. The number of nitrogens with zero attached hydrogens (tertiary/aromatic N) is 2. The first kappa shape index (κ1) is 14.3. The summed E-state index contributed by atoms with van der Waals surface area (Å²) in [5.74, 6) is 0. The van der Waals surface area contributed by atoms with Gasteiger partial charge in [-0.2, -0.15) is 0 Å². The third-order valence-electron chi connectivity index (χ3n) is 5.40. The Morgan fingerprint density at radius 3 is 2.44 bits per heavy atom. The van der Waals surface area contributed by atoms with E-state index in [9.17, 15) is 0 Å². The predicted octanol–water partition coefficient (Wildman–Crippen LogP) is 1.92. The molecule has 0 aromatic rings. The molecule has 106 valence electrons. The average molecular weight is 253 g/mol. The molecule has 0 amide bonds. The zero-order chi connectivity index (χ0) is 13.2. The lowest BCUT2D eigenvalue weighted by atomic mass is 9.84. The van der Waals surface area contributed by atoms with Crippen molar-refractivity contribution < 1.29 is 0 Å². The lowest BCUT2D eigenvalue weighted by Gasteiger charge is -2.41. The van der Waals surface area contributed by atoms with Gasteiger partial charge in [0.25, 0.3) is 0 Å². The monoisotopic (exact) mass is 253 g/mol. The van der Waals surface area contributed by atoms with E-state index in [4.69, 9.17) is 5.73 Å². The van der Waals surface area contributed by atoms with E-state index in [1.807, 2.05) is 0 Å². The smallest absolute Gasteiger partial charge is 0.0117 e. The maximum absolute atomic E-state index is 6.30. The predicted molar refractivity (Wildman–Crippen MR) is 77.7 cm³/mol. The van der Waals surface area contributed by atoms with Gasteiger partial charge >= 0.3 is 0 Å². The second kappa shape index (κ2) is 5.89. The molecule has 0 spiro atoms. The van der Waals surface area contributed by atoms with Crippen LogP contribution in [0.5, 0.6) is 0 Å². The van der Waals surface area contributed by atoms with Crippen LogP contribution in [0.3, 0.4) is 0 Å². The lowest BCUT2D eigenvalue weighted by molar-refractivity contribution is 0.0892. The second-order valence-corrected chi connectivity index (χ2v) is 6.73. The van der Waals surface area contributed by atoms with Crippen molar-refractivity contribution >= 4 is 0 Å². The standard InChI is InChI=1S/C15H31N3/c1-4-18-10-7-13(8-11-18)17(3)12-15(2)9-5-6-14(15)16/h13-14H,4-12,16H2,1-3H3. The first-order valence-electron chi connectivity index (χ1n) is 7.73. The fourth-order valence-corrected chi connectivity index (χ4v) is 3.83. The van der Waals surface area contributed by atoms with Crippen molar-refractivity contribution in [2.24, 2.45) is 11.1 Å². The molecule has 2 fully saturated rings. The Bertz CT molecular complexity index is 260. The molecule has 2 rings (SSSR count). The first-order valence-corrected chi connectivity index (χ1v) is 7.73. The molecule has 2 N–H and O–H groups in total. The van der Waals surface area contributed by atoms with Crippen LogP contribution in [0.4, 0.5) is 0 Å². The van der Waals surface area contributed by atoms with Gasteiger partial charge in [0.05, 0.1) is 0 Å². The highest BCUT2D eigenvalue weighted by Gasteiger charge is 2.38. The SMILES string of the molecule is CCN1CCC(N(C)CC2(C)CCCC2N)CC1. The van der Waals surface area contributed by atoms with Gasteiger partial charge in [0.15, 0.2) is 0 Å². The highest BCUT2D eigenvalue weighted by Crippen LogP contribution is 2.37. The quantitative estimate of drug-likeness (QED) is 0.831. The molecule has 1 aliphatic carbocycles. The summed E-state index contributed by atoms with van der Waals surface area (Å²) in [5, 5.41) is 0. The summed E-state index contributed by atoms with van der Waals surface area (Å²) in [6, 6.07) is 1.19. The summed E-state index contributed by atoms with van der Waals surface area (Å²) < 4.78 is 0. The van der Waals surface area contributed by atoms with E-state index in [2.05, 4.69) is 30.7 Å². The maximum Gasteiger partial charge on any atom is 0.0117 e. The van der Waals surface area contributed by atoms with Gasteiger partial charge in [-0.1, -0.05) is 20.3 Å². The van der Waals surface area contributed by atoms with E-state index < -0.39 is 0 Å². The molecular weight excluding hydrogens is 222 g/mol. The van der Waals surface area contributed by atoms with E-state index >= 15 is 0 Å². The average Bonchev–Trinajstić information content (AvgIpc) is 2.69. The molecule has 2 unspecified atom stereocenters. The van der Waals surface area contributed by atoms with E-state index in [1.165, 1.54) is 58.3 Å². The van der Waals surface area contributed by atoms with Gasteiger partial charge in [-0.15, -0.1) is 0 Å². The topological polar surface area (TPSA) is 32.5 Å². The van der Waals surface area contributed by atoms with Crippen molar-refractivity contribution in [3.8, 4) is 0 Å². The fraction of sp³-hybridized carbons (Fsp3) is 1.00. The molecule has 3 heteroatoms. The Morgan fingerprint density at radius 2 is 1.94 bits per heavy atom. The molecule has 2 aliphatic rings. The summed E-state index contributed by atoms with van der Waals surface area (Å²) >= 11 is 0. The van der Waals surface area contributed by atoms with Crippen LogP contribution in [0, 0.1) is 5.41 Å². The minimum Gasteiger partial charge on any atom is -0.327 e. The lowest BCUT2D eigenvalue weighted by Crippen LogP contribution is -2.49. The molecule has 18 heavy (non-hydrogen) atoms. The number of likely N-dealkylation sites (tertiary alicyclic amines) is 1. The van der Waals surface area contributed by atoms with Gasteiger partial charge in [0.1, 0.15) is 0 Å². The molecule has 3 nitrogen and oxygen atoms in total. The van der Waals surface area contributed by atoms with Crippen molar-refractivity contribution in [3.05, 3.63) is 0 Å². The summed E-state index contributed by atoms with van der Waals surface area (Å²) in [4.78, 5) is 5.16. The number of piperidine rings is 1. The van der Waals surface area contributed by atoms with Crippen LogP contribution in [-0.4, -0.2) is 55.1 Å². The number of hydrogen-bond acceptors (Lipinski definition) is 3. The molecular formula is C15H31N3. The molecule has 1 aliphatic heterocycles. The Labute approximate surface area is 113 Å². The van der Waals surface area contributed by atoms with E-state index in [-0.39, 0.29) is 0 Å². The van der Waals surface area contributed by atoms with Crippen molar-refractivity contribution in [2.75, 3.05) is 33.2 Å². The number of nitrogens with two attached hydrogens (primary N) is 1. The Morgan fingerprint density at radius 1 is 1.28 bits per heavy atom. The van der Waals surface area contributed by atoms with Gasteiger partial charge in [-0.05, 0) is 57.8 Å². The Balaban J connectivity index is 1.83. The summed E-state index contributed by atoms with van der Waals surface area (Å²) in [7, 11) is 2.31. The first-order chi connectivity index (χ1) is 8.55. The van der Waals surface area contributed by atoms with Gasteiger partial charge in [-0.3, -0.25) is 0 Å².